The molecule has 1 aliphatic heterocycles. The Bertz CT molecular complexity index is 3640. The van der Waals surface area contributed by atoms with Crippen LogP contribution in [0.5, 0.6) is 11.5 Å². The van der Waals surface area contributed by atoms with E-state index in [0.29, 0.717) is 53.2 Å². The first kappa shape index (κ1) is 65.3. The lowest BCUT2D eigenvalue weighted by Crippen LogP contribution is -2.39. The van der Waals surface area contributed by atoms with Gasteiger partial charge in [-0.1, -0.05) is 122 Å². The highest BCUT2D eigenvalue weighted by molar-refractivity contribution is 7.44. The third-order valence-corrected chi connectivity index (χ3v) is 18.3. The molecule has 21 heteroatoms. The van der Waals surface area contributed by atoms with Crippen molar-refractivity contribution in [3.8, 4) is 22.6 Å². The Balaban J connectivity index is 0.764. The van der Waals surface area contributed by atoms with Crippen molar-refractivity contribution in [2.75, 3.05) is 59.6 Å². The normalized spacial score (nSPS) is 15.7. The van der Waals surface area contributed by atoms with E-state index in [1.807, 2.05) is 95.6 Å². The van der Waals surface area contributed by atoms with Gasteiger partial charge in [-0.3, -0.25) is 19.0 Å². The Hall–Kier alpha value is -8.62. The van der Waals surface area contributed by atoms with Crippen molar-refractivity contribution in [1.29, 1.82) is 0 Å². The number of benzene rings is 6. The fourth-order valence-electron chi connectivity index (χ4n) is 11.7. The number of anilines is 1. The minimum atomic E-state index is -1.58. The Labute approximate surface area is 532 Å². The Kier molecular flexibility index (Phi) is 21.9. The Morgan fingerprint density at radius 3 is 1.97 bits per heavy atom. The van der Waals surface area contributed by atoms with Crippen molar-refractivity contribution in [1.82, 2.24) is 34.4 Å². The van der Waals surface area contributed by atoms with E-state index >= 15 is 0 Å². The molecule has 0 spiro atoms. The minimum Gasteiger partial charge on any atom is -0.497 e. The summed E-state index contributed by atoms with van der Waals surface area (Å²) in [5.74, 6) is 0.0272. The molecule has 0 bridgehead atoms. The summed E-state index contributed by atoms with van der Waals surface area (Å²) in [7, 11) is 3.32. The molecule has 4 atom stereocenters. The number of methoxy groups -OCH3 is 2. The minimum absolute atomic E-state index is 0.00476. The van der Waals surface area contributed by atoms with Gasteiger partial charge in [-0.2, -0.15) is 0 Å². The number of carbonyl (C=O) groups excluding carboxylic acids is 4. The second kappa shape index (κ2) is 30.5. The maximum atomic E-state index is 13.9. The van der Waals surface area contributed by atoms with Gasteiger partial charge in [0.05, 0.1) is 39.9 Å². The highest BCUT2D eigenvalue weighted by Gasteiger charge is 2.45. The molecule has 2 unspecified atom stereocenters. The molecule has 1 saturated heterocycles. The smallest absolute Gasteiger partial charge is 0.409 e. The maximum Gasteiger partial charge on any atom is 0.409 e. The van der Waals surface area contributed by atoms with Crippen LogP contribution in [-0.4, -0.2) is 131 Å². The summed E-state index contributed by atoms with van der Waals surface area (Å²) in [6, 6.07) is 49.0. The molecule has 20 nitrogen and oxygen atoms in total. The van der Waals surface area contributed by atoms with E-state index < -0.39 is 63.0 Å². The van der Waals surface area contributed by atoms with E-state index in [1.165, 1.54) is 11.2 Å². The van der Waals surface area contributed by atoms with Crippen molar-refractivity contribution in [2.24, 2.45) is 0 Å². The van der Waals surface area contributed by atoms with E-state index in [9.17, 15) is 19.2 Å². The topological polar surface area (TPSA) is 216 Å². The number of hydrogen-bond acceptors (Lipinski definition) is 16. The van der Waals surface area contributed by atoms with Gasteiger partial charge >= 0.3 is 12.1 Å². The zero-order valence-electron chi connectivity index (χ0n) is 52.7. The van der Waals surface area contributed by atoms with E-state index in [2.05, 4.69) is 96.3 Å². The molecule has 6 aromatic carbocycles. The largest absolute Gasteiger partial charge is 0.497 e. The van der Waals surface area contributed by atoms with Crippen LogP contribution in [0.3, 0.4) is 0 Å². The van der Waals surface area contributed by atoms with Gasteiger partial charge in [0.25, 0.3) is 20.3 Å². The molecule has 476 valence electrons. The predicted octanol–water partition coefficient (Wildman–Crippen LogP) is 12.4. The molecule has 91 heavy (non-hydrogen) atoms. The van der Waals surface area contributed by atoms with Gasteiger partial charge < -0.3 is 53.0 Å². The van der Waals surface area contributed by atoms with Crippen LogP contribution >= 0.6 is 8.53 Å². The molecule has 3 amide bonds. The maximum absolute atomic E-state index is 13.9. The molecule has 8 aromatic rings. The fourth-order valence-corrected chi connectivity index (χ4v) is 13.5. The molecule has 10 rings (SSSR count). The van der Waals surface area contributed by atoms with Gasteiger partial charge in [-0.05, 0) is 121 Å². The number of hydrogen-bond donors (Lipinski definition) is 2. The summed E-state index contributed by atoms with van der Waals surface area (Å²) in [4.78, 5) is 67.4. The number of rotatable bonds is 29. The van der Waals surface area contributed by atoms with Crippen molar-refractivity contribution in [3.63, 3.8) is 0 Å². The molecule has 2 aromatic heterocycles. The number of ether oxygens (including phenoxy) is 6. The number of aromatic nitrogens is 4. The van der Waals surface area contributed by atoms with Crippen LogP contribution in [0.15, 0.2) is 164 Å². The van der Waals surface area contributed by atoms with Crippen LogP contribution in [0.4, 0.5) is 10.6 Å². The molecular formula is C70H79N8O12P. The van der Waals surface area contributed by atoms with Crippen LogP contribution in [0, 0.1) is 0 Å². The predicted molar refractivity (Wildman–Crippen MR) is 346 cm³/mol. The number of imidazole rings is 1. The highest BCUT2D eigenvalue weighted by atomic mass is 31.2. The Morgan fingerprint density at radius 2 is 1.35 bits per heavy atom. The molecule has 2 N–H and O–H groups in total. The summed E-state index contributed by atoms with van der Waals surface area (Å²) >= 11 is 0. The van der Waals surface area contributed by atoms with Gasteiger partial charge in [-0.15, -0.1) is 0 Å². The average Bonchev–Trinajstić information content (AvgIpc) is 1.79. The zero-order valence-corrected chi connectivity index (χ0v) is 53.5. The first-order valence-electron chi connectivity index (χ1n) is 30.8. The van der Waals surface area contributed by atoms with E-state index in [-0.39, 0.29) is 56.5 Å². The lowest BCUT2D eigenvalue weighted by atomic mass is 9.80. The lowest BCUT2D eigenvalue weighted by molar-refractivity contribution is -0.148. The van der Waals surface area contributed by atoms with Gasteiger partial charge in [-0.25, -0.2) is 24.4 Å². The first-order valence-corrected chi connectivity index (χ1v) is 31.9. The second-order valence-electron chi connectivity index (χ2n) is 22.9. The van der Waals surface area contributed by atoms with Crippen LogP contribution in [0.25, 0.3) is 22.3 Å². The summed E-state index contributed by atoms with van der Waals surface area (Å²) in [6.45, 7) is 11.3. The SMILES string of the molecule is CCCOP(OC1C[C@H](n2cnc3c(NC(=O)c4ccc(CNC(=O)COC(=O)CCCN(C)C(=O)OCC5c6ccccc6-c6ccccc65)cc4)ncnc32)O[C@@H]1COC(c1ccccc1)(c1ccc(OC)cc1)c1ccc(OC)cc1)N(C(C)C)C(C)C. The number of nitrogens with zero attached hydrogens (tertiary/aromatic N) is 6. The monoisotopic (exact) mass is 1250 g/mol. The second-order valence-corrected chi connectivity index (χ2v) is 24.3. The standard InChI is InChI=1S/C70H79N8O12P/c1-9-38-88-91(78(46(2)3)47(4)5)90-60-39-63(89-61(60)42-87-70(50-18-11-10-12-19-50,51-29-33-53(83-7)34-30-51)52-31-35-54(84-8)36-32-52)77-45-74-65-66(72-44-73-67(65)77)75-68(81)49-27-25-48(26-28-49)40-71-62(79)43-85-64(80)24-17-37-76(6)69(82)86-41-59-57-22-15-13-20-55(57)56-21-14-16-23-58(56)59/h10-16,18-23,25-36,44-47,59-61,63H,9,17,24,37-43H2,1-8H3,(H,71,79)(H,72,73,75,81)/t60?,61-,63-,91?/m1/s1. The molecule has 0 radical (unpaired) electrons. The quantitative estimate of drug-likeness (QED) is 0.0253. The lowest BCUT2D eigenvalue weighted by Gasteiger charge is -2.39. The third-order valence-electron chi connectivity index (χ3n) is 16.2. The molecule has 0 saturated carbocycles. The number of amides is 3. The van der Waals surface area contributed by atoms with Crippen LogP contribution in [0.2, 0.25) is 0 Å². The molecule has 2 aliphatic rings. The van der Waals surface area contributed by atoms with E-state index in [0.717, 1.165) is 45.4 Å². The molecule has 1 aliphatic carbocycles. The summed E-state index contributed by atoms with van der Waals surface area (Å²) < 4.78 is 54.6. The fraction of sp³-hybridized carbons (Fsp3) is 0.357. The number of fused-ring (bicyclic) bond motifs is 4. The van der Waals surface area contributed by atoms with Crippen LogP contribution < -0.4 is 20.1 Å². The summed E-state index contributed by atoms with van der Waals surface area (Å²) in [6.07, 6.45) is 2.19. The molecule has 3 heterocycles. The summed E-state index contributed by atoms with van der Waals surface area (Å²) in [5.41, 5.74) is 7.82. The first-order chi connectivity index (χ1) is 44.2. The molecule has 1 fully saturated rings. The van der Waals surface area contributed by atoms with Gasteiger partial charge in [0, 0.05) is 56.5 Å². The van der Waals surface area contributed by atoms with E-state index in [4.69, 9.17) is 42.5 Å². The number of nitrogens with one attached hydrogen (secondary N) is 2. The van der Waals surface area contributed by atoms with Crippen molar-refractivity contribution < 1.29 is 56.6 Å². The number of esters is 1. The van der Waals surface area contributed by atoms with Gasteiger partial charge in [0.1, 0.15) is 42.4 Å². The molecular weight excluding hydrogens is 1180 g/mol. The van der Waals surface area contributed by atoms with Gasteiger partial charge in [0.2, 0.25) is 0 Å². The van der Waals surface area contributed by atoms with Gasteiger partial charge in [0.15, 0.2) is 23.6 Å². The van der Waals surface area contributed by atoms with Crippen molar-refractivity contribution >= 4 is 49.4 Å². The Morgan fingerprint density at radius 1 is 0.736 bits per heavy atom. The van der Waals surface area contributed by atoms with E-state index in [1.54, 1.807) is 51.9 Å². The average molecular weight is 1260 g/mol. The highest BCUT2D eigenvalue weighted by Crippen LogP contribution is 2.51. The van der Waals surface area contributed by atoms with Crippen LogP contribution in [-0.2, 0) is 49.7 Å². The van der Waals surface area contributed by atoms with Crippen molar-refractivity contribution in [3.05, 3.63) is 203 Å². The van der Waals surface area contributed by atoms with Crippen LogP contribution in [0.1, 0.15) is 116 Å². The van der Waals surface area contributed by atoms with Crippen molar-refractivity contribution in [2.45, 2.75) is 109 Å². The zero-order chi connectivity index (χ0) is 64.0. The number of carbonyl (C=O) groups is 4. The summed E-state index contributed by atoms with van der Waals surface area (Å²) in [5, 5.41) is 5.66. The third kappa shape index (κ3) is 15.2.